The molecule has 0 amide bonds. The summed E-state index contributed by atoms with van der Waals surface area (Å²) in [7, 11) is 1.73. The molecule has 3 aliphatic rings. The molecule has 0 spiro atoms. The summed E-state index contributed by atoms with van der Waals surface area (Å²) in [5.74, 6) is 0.970. The highest BCUT2D eigenvalue weighted by molar-refractivity contribution is 5.87. The van der Waals surface area contributed by atoms with Crippen LogP contribution in [0.2, 0.25) is 0 Å². The Labute approximate surface area is 184 Å². The van der Waals surface area contributed by atoms with Crippen molar-refractivity contribution in [1.82, 2.24) is 4.90 Å². The summed E-state index contributed by atoms with van der Waals surface area (Å²) < 4.78 is 11.6. The van der Waals surface area contributed by atoms with E-state index in [0.717, 1.165) is 51.1 Å². The molecule has 4 nitrogen and oxygen atoms in total. The molecule has 0 N–H and O–H groups in total. The maximum atomic E-state index is 11.4. The molecular weight excluding hydrogens is 386 g/mol. The van der Waals surface area contributed by atoms with Crippen LogP contribution in [-0.2, 0) is 22.7 Å². The van der Waals surface area contributed by atoms with Gasteiger partial charge in [0.2, 0.25) is 0 Å². The summed E-state index contributed by atoms with van der Waals surface area (Å²) in [6, 6.07) is 13.2. The predicted molar refractivity (Wildman–Crippen MR) is 122 cm³/mol. The number of piperidine rings is 1. The normalized spacial score (nSPS) is 19.8. The second-order valence-electron chi connectivity index (χ2n) is 9.45. The van der Waals surface area contributed by atoms with Gasteiger partial charge in [-0.1, -0.05) is 29.3 Å². The summed E-state index contributed by atoms with van der Waals surface area (Å²) in [5, 5.41) is 0. The number of ether oxygens (including phenoxy) is 2. The zero-order valence-corrected chi connectivity index (χ0v) is 18.6. The first-order valence-corrected chi connectivity index (χ1v) is 11.4. The fourth-order valence-electron chi connectivity index (χ4n) is 5.06. The van der Waals surface area contributed by atoms with Crippen LogP contribution in [0.1, 0.15) is 53.5 Å². The number of nitrogens with zero attached hydrogens (tertiary/aromatic N) is 1. The average molecular weight is 418 g/mol. The molecule has 0 radical (unpaired) electrons. The minimum atomic E-state index is -0.0468. The van der Waals surface area contributed by atoms with E-state index in [1.165, 1.54) is 45.2 Å². The summed E-state index contributed by atoms with van der Waals surface area (Å²) in [4.78, 5) is 13.9. The fraction of sp³-hybridized carbons (Fsp3) is 0.444. The number of likely N-dealkylation sites (tertiary alicyclic amines) is 1. The summed E-state index contributed by atoms with van der Waals surface area (Å²) >= 11 is 0. The maximum Gasteiger partial charge on any atom is 0.127 e. The highest BCUT2D eigenvalue weighted by Crippen LogP contribution is 2.45. The van der Waals surface area contributed by atoms with Gasteiger partial charge in [-0.25, -0.2) is 0 Å². The van der Waals surface area contributed by atoms with Gasteiger partial charge in [0.25, 0.3) is 0 Å². The third-order valence-electron chi connectivity index (χ3n) is 7.03. The number of aldehydes is 1. The van der Waals surface area contributed by atoms with Gasteiger partial charge in [0.15, 0.2) is 0 Å². The van der Waals surface area contributed by atoms with Crippen LogP contribution in [0.25, 0.3) is 5.57 Å². The first-order chi connectivity index (χ1) is 15.1. The quantitative estimate of drug-likeness (QED) is 0.648. The Kier molecular flexibility index (Phi) is 5.45. The molecule has 0 atom stereocenters. The molecule has 0 unspecified atom stereocenters. The summed E-state index contributed by atoms with van der Waals surface area (Å²) in [5.41, 5.74) is 8.97. The van der Waals surface area contributed by atoms with Gasteiger partial charge in [0.1, 0.15) is 18.6 Å². The molecule has 1 saturated carbocycles. The number of aryl methyl sites for hydroxylation is 1. The van der Waals surface area contributed by atoms with Crippen molar-refractivity contribution >= 4 is 11.9 Å². The smallest absolute Gasteiger partial charge is 0.127 e. The number of carbonyl (C=O) groups excluding carboxylic acids is 1. The number of hydrogen-bond acceptors (Lipinski definition) is 4. The molecule has 2 aromatic rings. The Bertz CT molecular complexity index is 1020. The number of benzene rings is 2. The van der Waals surface area contributed by atoms with Gasteiger partial charge in [-0.3, -0.25) is 0 Å². The van der Waals surface area contributed by atoms with E-state index in [1.807, 2.05) is 0 Å². The van der Waals surface area contributed by atoms with Crippen LogP contribution in [-0.4, -0.2) is 37.9 Å². The van der Waals surface area contributed by atoms with E-state index >= 15 is 0 Å². The van der Waals surface area contributed by atoms with E-state index in [0.29, 0.717) is 13.2 Å². The average Bonchev–Trinajstić information content (AvgIpc) is 3.57. The van der Waals surface area contributed by atoms with E-state index in [4.69, 9.17) is 9.47 Å². The zero-order chi connectivity index (χ0) is 21.4. The Morgan fingerprint density at radius 1 is 1.10 bits per heavy atom. The molecule has 162 valence electrons. The Balaban J connectivity index is 1.52. The maximum absolute atomic E-state index is 11.4. The summed E-state index contributed by atoms with van der Waals surface area (Å²) in [6.07, 6.45) is 5.38. The first kappa shape index (κ1) is 20.5. The standard InChI is InChI=1S/C27H31NO3/c1-19-3-6-25-24(13-19)26(23-5-4-20(15-30-2)14-22(23)16-31-25)21-7-11-28(12-8-21)17-27(18-29)9-10-27/h3-6,13-14,18H,7-12,15-17H2,1-2H3. The van der Waals surface area contributed by atoms with Gasteiger partial charge < -0.3 is 19.2 Å². The second kappa shape index (κ2) is 8.25. The van der Waals surface area contributed by atoms with Crippen molar-refractivity contribution in [1.29, 1.82) is 0 Å². The number of fused-ring (bicyclic) bond motifs is 2. The fourth-order valence-corrected chi connectivity index (χ4v) is 5.06. The monoisotopic (exact) mass is 417 g/mol. The van der Waals surface area contributed by atoms with E-state index < -0.39 is 0 Å². The molecule has 1 saturated heterocycles. The molecule has 5 rings (SSSR count). The molecule has 2 fully saturated rings. The highest BCUT2D eigenvalue weighted by Gasteiger charge is 2.44. The van der Waals surface area contributed by atoms with Crippen LogP contribution in [0, 0.1) is 12.3 Å². The van der Waals surface area contributed by atoms with Gasteiger partial charge in [-0.05, 0) is 73.1 Å². The van der Waals surface area contributed by atoms with Crippen LogP contribution >= 0.6 is 0 Å². The van der Waals surface area contributed by atoms with E-state index in [1.54, 1.807) is 7.11 Å². The van der Waals surface area contributed by atoms with Crippen molar-refractivity contribution in [3.63, 3.8) is 0 Å². The Hall–Kier alpha value is -2.43. The second-order valence-corrected chi connectivity index (χ2v) is 9.45. The molecule has 0 bridgehead atoms. The van der Waals surface area contributed by atoms with Gasteiger partial charge in [0, 0.05) is 37.7 Å². The Morgan fingerprint density at radius 3 is 2.61 bits per heavy atom. The number of carbonyl (C=O) groups is 1. The van der Waals surface area contributed by atoms with Crippen LogP contribution in [0.3, 0.4) is 0 Å². The molecule has 2 aromatic carbocycles. The van der Waals surface area contributed by atoms with Crippen LogP contribution < -0.4 is 4.74 Å². The molecule has 0 aromatic heterocycles. The molecule has 1 aliphatic carbocycles. The van der Waals surface area contributed by atoms with Gasteiger partial charge in [-0.2, -0.15) is 0 Å². The predicted octanol–water partition coefficient (Wildman–Crippen LogP) is 4.91. The number of hydrogen-bond donors (Lipinski definition) is 0. The van der Waals surface area contributed by atoms with E-state index in [-0.39, 0.29) is 5.41 Å². The summed E-state index contributed by atoms with van der Waals surface area (Å²) in [6.45, 7) is 6.30. The minimum Gasteiger partial charge on any atom is -0.488 e. The molecule has 2 aliphatic heterocycles. The topological polar surface area (TPSA) is 38.8 Å². The zero-order valence-electron chi connectivity index (χ0n) is 18.6. The molecular formula is C27H31NO3. The van der Waals surface area contributed by atoms with Crippen LogP contribution in [0.4, 0.5) is 0 Å². The third-order valence-corrected chi connectivity index (χ3v) is 7.03. The van der Waals surface area contributed by atoms with E-state index in [9.17, 15) is 4.79 Å². The number of methoxy groups -OCH3 is 1. The third kappa shape index (κ3) is 4.07. The van der Waals surface area contributed by atoms with Crippen LogP contribution in [0.15, 0.2) is 42.0 Å². The highest BCUT2D eigenvalue weighted by atomic mass is 16.5. The van der Waals surface area contributed by atoms with Crippen molar-refractivity contribution in [2.24, 2.45) is 5.41 Å². The lowest BCUT2D eigenvalue weighted by Gasteiger charge is -2.32. The van der Waals surface area contributed by atoms with Crippen LogP contribution in [0.5, 0.6) is 5.75 Å². The van der Waals surface area contributed by atoms with Gasteiger partial charge in [-0.15, -0.1) is 0 Å². The van der Waals surface area contributed by atoms with Crippen molar-refractivity contribution in [3.8, 4) is 5.75 Å². The number of rotatable bonds is 5. The van der Waals surface area contributed by atoms with Gasteiger partial charge in [0.05, 0.1) is 6.61 Å². The largest absolute Gasteiger partial charge is 0.488 e. The lowest BCUT2D eigenvalue weighted by Crippen LogP contribution is -2.36. The molecule has 4 heteroatoms. The van der Waals surface area contributed by atoms with Gasteiger partial charge >= 0.3 is 0 Å². The minimum absolute atomic E-state index is 0.0468. The van der Waals surface area contributed by atoms with Crippen molar-refractivity contribution in [2.75, 3.05) is 26.7 Å². The van der Waals surface area contributed by atoms with Crippen molar-refractivity contribution in [2.45, 2.75) is 45.8 Å². The Morgan fingerprint density at radius 2 is 1.90 bits per heavy atom. The SMILES string of the molecule is COCc1ccc2c(c1)COc1ccc(C)cc1C2=C1CCN(CC2(C=O)CC2)CC1. The van der Waals surface area contributed by atoms with Crippen molar-refractivity contribution in [3.05, 3.63) is 69.8 Å². The molecule has 2 heterocycles. The lowest BCUT2D eigenvalue weighted by molar-refractivity contribution is -0.112. The lowest BCUT2D eigenvalue weighted by atomic mass is 9.85. The first-order valence-electron chi connectivity index (χ1n) is 11.4. The van der Waals surface area contributed by atoms with Crippen molar-refractivity contribution < 1.29 is 14.3 Å². The molecule has 31 heavy (non-hydrogen) atoms. The van der Waals surface area contributed by atoms with E-state index in [2.05, 4.69) is 48.2 Å².